The van der Waals surface area contributed by atoms with Gasteiger partial charge in [0.05, 0.1) is 11.3 Å². The van der Waals surface area contributed by atoms with Crippen molar-refractivity contribution in [2.24, 2.45) is 0 Å². The fraction of sp³-hybridized carbons (Fsp3) is 0.462. The summed E-state index contributed by atoms with van der Waals surface area (Å²) in [6, 6.07) is 0. The normalized spacial score (nSPS) is 10.7. The van der Waals surface area contributed by atoms with Gasteiger partial charge in [-0.2, -0.15) is 0 Å². The van der Waals surface area contributed by atoms with E-state index in [1.165, 1.54) is 0 Å². The van der Waals surface area contributed by atoms with Crippen LogP contribution in [0, 0.1) is 27.7 Å². The molecule has 0 spiro atoms. The first-order chi connectivity index (χ1) is 8.54. The van der Waals surface area contributed by atoms with Crippen LogP contribution < -0.4 is 5.32 Å². The van der Waals surface area contributed by atoms with Crippen LogP contribution >= 0.6 is 0 Å². The molecule has 5 nitrogen and oxygen atoms in total. The first-order valence-electron chi connectivity index (χ1n) is 6.07. The van der Waals surface area contributed by atoms with Crippen molar-refractivity contribution in [1.82, 2.24) is 15.1 Å². The standard InChI is InChI=1S/C13H18N4O/c1-6-14-12-7(2)8(3)15-13(16-12)11-9(4)17-18-10(11)5/h6H2,1-5H3,(H,14,15,16). The van der Waals surface area contributed by atoms with Crippen LogP contribution in [0.2, 0.25) is 0 Å². The predicted molar refractivity (Wildman–Crippen MR) is 70.6 cm³/mol. The molecule has 0 amide bonds. The third-order valence-electron chi connectivity index (χ3n) is 2.99. The van der Waals surface area contributed by atoms with Gasteiger partial charge in [0.2, 0.25) is 0 Å². The topological polar surface area (TPSA) is 63.8 Å². The average Bonchev–Trinajstić information content (AvgIpc) is 2.65. The van der Waals surface area contributed by atoms with Gasteiger partial charge in [0, 0.05) is 17.8 Å². The highest BCUT2D eigenvalue weighted by Crippen LogP contribution is 2.26. The molecule has 0 aliphatic heterocycles. The van der Waals surface area contributed by atoms with Crippen LogP contribution in [-0.4, -0.2) is 21.7 Å². The van der Waals surface area contributed by atoms with Crippen molar-refractivity contribution >= 4 is 5.82 Å². The number of hydrogen-bond donors (Lipinski definition) is 1. The molecule has 2 aromatic heterocycles. The van der Waals surface area contributed by atoms with Crippen LogP contribution in [0.3, 0.4) is 0 Å². The molecule has 2 aromatic rings. The van der Waals surface area contributed by atoms with Crippen molar-refractivity contribution in [2.75, 3.05) is 11.9 Å². The van der Waals surface area contributed by atoms with Crippen LogP contribution in [-0.2, 0) is 0 Å². The zero-order valence-corrected chi connectivity index (χ0v) is 11.5. The van der Waals surface area contributed by atoms with Crippen LogP contribution in [0.5, 0.6) is 0 Å². The Balaban J connectivity index is 2.59. The number of rotatable bonds is 3. The van der Waals surface area contributed by atoms with E-state index in [-0.39, 0.29) is 0 Å². The minimum Gasteiger partial charge on any atom is -0.370 e. The minimum atomic E-state index is 0.672. The van der Waals surface area contributed by atoms with Crippen molar-refractivity contribution < 1.29 is 4.52 Å². The molecule has 96 valence electrons. The molecule has 2 rings (SSSR count). The predicted octanol–water partition coefficient (Wildman–Crippen LogP) is 2.80. The Labute approximate surface area is 107 Å². The summed E-state index contributed by atoms with van der Waals surface area (Å²) in [7, 11) is 0. The third kappa shape index (κ3) is 2.08. The van der Waals surface area contributed by atoms with Gasteiger partial charge in [0.15, 0.2) is 5.82 Å². The molecule has 0 saturated carbocycles. The molecule has 2 heterocycles. The van der Waals surface area contributed by atoms with E-state index in [9.17, 15) is 0 Å². The zero-order chi connectivity index (χ0) is 13.3. The van der Waals surface area contributed by atoms with Gasteiger partial charge in [-0.1, -0.05) is 5.16 Å². The highest BCUT2D eigenvalue weighted by Gasteiger charge is 2.16. The molecule has 0 aliphatic rings. The molecule has 0 radical (unpaired) electrons. The smallest absolute Gasteiger partial charge is 0.167 e. The quantitative estimate of drug-likeness (QED) is 0.902. The summed E-state index contributed by atoms with van der Waals surface area (Å²) in [5.41, 5.74) is 3.75. The number of hydrogen-bond acceptors (Lipinski definition) is 5. The lowest BCUT2D eigenvalue weighted by molar-refractivity contribution is 0.393. The number of aromatic nitrogens is 3. The van der Waals surface area contributed by atoms with Crippen LogP contribution in [0.1, 0.15) is 29.6 Å². The third-order valence-corrected chi connectivity index (χ3v) is 2.99. The van der Waals surface area contributed by atoms with Gasteiger partial charge in [0.1, 0.15) is 11.6 Å². The Bertz CT molecular complexity index is 555. The van der Waals surface area contributed by atoms with Crippen molar-refractivity contribution in [3.8, 4) is 11.4 Å². The average molecular weight is 246 g/mol. The van der Waals surface area contributed by atoms with E-state index in [0.29, 0.717) is 5.82 Å². The lowest BCUT2D eigenvalue weighted by atomic mass is 10.1. The lowest BCUT2D eigenvalue weighted by Crippen LogP contribution is -2.06. The molecule has 0 aromatic carbocycles. The molecule has 5 heteroatoms. The van der Waals surface area contributed by atoms with Gasteiger partial charge in [-0.25, -0.2) is 9.97 Å². The molecule has 0 fully saturated rings. The minimum absolute atomic E-state index is 0.672. The maximum atomic E-state index is 5.17. The lowest BCUT2D eigenvalue weighted by Gasteiger charge is -2.10. The Morgan fingerprint density at radius 2 is 1.78 bits per heavy atom. The molecule has 0 aliphatic carbocycles. The Kier molecular flexibility index (Phi) is 3.32. The summed E-state index contributed by atoms with van der Waals surface area (Å²) in [5, 5.41) is 7.20. The van der Waals surface area contributed by atoms with Gasteiger partial charge in [-0.05, 0) is 34.6 Å². The molecule has 0 atom stereocenters. The first kappa shape index (κ1) is 12.5. The summed E-state index contributed by atoms with van der Waals surface area (Å²) in [5.74, 6) is 2.29. The van der Waals surface area contributed by atoms with Gasteiger partial charge in [-0.3, -0.25) is 0 Å². The summed E-state index contributed by atoms with van der Waals surface area (Å²) < 4.78 is 5.17. The van der Waals surface area contributed by atoms with E-state index >= 15 is 0 Å². The number of aryl methyl sites for hydroxylation is 3. The fourth-order valence-corrected chi connectivity index (χ4v) is 1.88. The molecular weight excluding hydrogens is 228 g/mol. The number of nitrogens with zero attached hydrogens (tertiary/aromatic N) is 3. The number of anilines is 1. The second-order valence-corrected chi connectivity index (χ2v) is 4.34. The Hall–Kier alpha value is -1.91. The monoisotopic (exact) mass is 246 g/mol. The van der Waals surface area contributed by atoms with Crippen LogP contribution in [0.4, 0.5) is 5.82 Å². The maximum Gasteiger partial charge on any atom is 0.167 e. The molecule has 0 unspecified atom stereocenters. The van der Waals surface area contributed by atoms with Crippen LogP contribution in [0.25, 0.3) is 11.4 Å². The van der Waals surface area contributed by atoms with Gasteiger partial charge in [-0.15, -0.1) is 0 Å². The van der Waals surface area contributed by atoms with Crippen molar-refractivity contribution in [3.05, 3.63) is 22.7 Å². The van der Waals surface area contributed by atoms with E-state index in [1.54, 1.807) is 0 Å². The highest BCUT2D eigenvalue weighted by atomic mass is 16.5. The van der Waals surface area contributed by atoms with Gasteiger partial charge in [0.25, 0.3) is 0 Å². The van der Waals surface area contributed by atoms with E-state index in [0.717, 1.165) is 40.6 Å². The molecular formula is C13H18N4O. The maximum absolute atomic E-state index is 5.17. The Morgan fingerprint density at radius 1 is 1.06 bits per heavy atom. The van der Waals surface area contributed by atoms with Crippen LogP contribution in [0.15, 0.2) is 4.52 Å². The van der Waals surface area contributed by atoms with Crippen molar-refractivity contribution in [1.29, 1.82) is 0 Å². The fourth-order valence-electron chi connectivity index (χ4n) is 1.88. The molecule has 0 bridgehead atoms. The summed E-state index contributed by atoms with van der Waals surface area (Å²) in [6.07, 6.45) is 0. The van der Waals surface area contributed by atoms with Crippen molar-refractivity contribution in [2.45, 2.75) is 34.6 Å². The Morgan fingerprint density at radius 3 is 2.33 bits per heavy atom. The van der Waals surface area contributed by atoms with Gasteiger partial charge >= 0.3 is 0 Å². The summed E-state index contributed by atoms with van der Waals surface area (Å²) in [6.45, 7) is 10.7. The van der Waals surface area contributed by atoms with E-state index in [2.05, 4.69) is 20.4 Å². The largest absolute Gasteiger partial charge is 0.370 e. The number of nitrogens with one attached hydrogen (secondary N) is 1. The SMILES string of the molecule is CCNc1nc(-c2c(C)noc2C)nc(C)c1C. The van der Waals surface area contributed by atoms with E-state index in [4.69, 9.17) is 4.52 Å². The molecule has 1 N–H and O–H groups in total. The molecule has 0 saturated heterocycles. The van der Waals surface area contributed by atoms with Crippen molar-refractivity contribution in [3.63, 3.8) is 0 Å². The second kappa shape index (κ2) is 4.76. The highest BCUT2D eigenvalue weighted by molar-refractivity contribution is 5.63. The summed E-state index contributed by atoms with van der Waals surface area (Å²) >= 11 is 0. The van der Waals surface area contributed by atoms with E-state index in [1.807, 2.05) is 34.6 Å². The second-order valence-electron chi connectivity index (χ2n) is 4.34. The zero-order valence-electron chi connectivity index (χ0n) is 11.5. The van der Waals surface area contributed by atoms with E-state index < -0.39 is 0 Å². The first-order valence-corrected chi connectivity index (χ1v) is 6.07. The molecule has 18 heavy (non-hydrogen) atoms. The summed E-state index contributed by atoms with van der Waals surface area (Å²) in [4.78, 5) is 9.09. The van der Waals surface area contributed by atoms with Gasteiger partial charge < -0.3 is 9.84 Å².